The molecule has 1 saturated heterocycles. The summed E-state index contributed by atoms with van der Waals surface area (Å²) in [6.45, 7) is 1.11. The van der Waals surface area contributed by atoms with E-state index in [0.717, 1.165) is 58.0 Å². The second kappa shape index (κ2) is 7.39. The SMILES string of the molecule is O=C(NCC1(O)CCCCC1)NC1CCOC2(CCCCC2)C1. The van der Waals surface area contributed by atoms with Gasteiger partial charge in [0.05, 0.1) is 11.2 Å². The molecule has 2 amide bonds. The largest absolute Gasteiger partial charge is 0.388 e. The topological polar surface area (TPSA) is 70.6 Å². The van der Waals surface area contributed by atoms with Crippen molar-refractivity contribution in [1.29, 1.82) is 0 Å². The minimum Gasteiger partial charge on any atom is -0.388 e. The van der Waals surface area contributed by atoms with Gasteiger partial charge in [0, 0.05) is 19.2 Å². The van der Waals surface area contributed by atoms with Gasteiger partial charge in [0.2, 0.25) is 0 Å². The summed E-state index contributed by atoms with van der Waals surface area (Å²) in [7, 11) is 0. The first-order chi connectivity index (χ1) is 11.1. The van der Waals surface area contributed by atoms with Crippen LogP contribution in [-0.4, -0.2) is 41.5 Å². The number of amides is 2. The first kappa shape index (κ1) is 17.0. The van der Waals surface area contributed by atoms with E-state index >= 15 is 0 Å². The van der Waals surface area contributed by atoms with Crippen LogP contribution in [0.25, 0.3) is 0 Å². The Labute approximate surface area is 139 Å². The van der Waals surface area contributed by atoms with E-state index in [0.29, 0.717) is 6.54 Å². The van der Waals surface area contributed by atoms with E-state index in [1.165, 1.54) is 25.7 Å². The van der Waals surface area contributed by atoms with E-state index in [1.54, 1.807) is 0 Å². The lowest BCUT2D eigenvalue weighted by atomic mass is 9.78. The highest BCUT2D eigenvalue weighted by Gasteiger charge is 2.39. The van der Waals surface area contributed by atoms with Gasteiger partial charge in [-0.25, -0.2) is 4.79 Å². The molecule has 5 nitrogen and oxygen atoms in total. The standard InChI is InChI=1S/C18H32N2O3/c21-16(19-14-17(22)8-3-1-4-9-17)20-15-7-12-23-18(13-15)10-5-2-6-11-18/h15,22H,1-14H2,(H2,19,20,21). The van der Waals surface area contributed by atoms with Crippen molar-refractivity contribution in [2.45, 2.75) is 94.3 Å². The minimum atomic E-state index is -0.699. The quantitative estimate of drug-likeness (QED) is 0.747. The molecule has 0 bridgehead atoms. The van der Waals surface area contributed by atoms with E-state index in [2.05, 4.69) is 10.6 Å². The maximum Gasteiger partial charge on any atom is 0.315 e. The van der Waals surface area contributed by atoms with Crippen LogP contribution in [-0.2, 0) is 4.74 Å². The van der Waals surface area contributed by atoms with E-state index < -0.39 is 5.60 Å². The van der Waals surface area contributed by atoms with E-state index in [1.807, 2.05) is 0 Å². The number of hydrogen-bond donors (Lipinski definition) is 3. The number of aliphatic hydroxyl groups is 1. The smallest absolute Gasteiger partial charge is 0.315 e. The molecule has 1 spiro atoms. The molecular weight excluding hydrogens is 292 g/mol. The zero-order chi connectivity index (χ0) is 16.2. The Hall–Kier alpha value is -0.810. The molecule has 1 aliphatic heterocycles. The lowest BCUT2D eigenvalue weighted by Gasteiger charge is -2.43. The fourth-order valence-electron chi connectivity index (χ4n) is 4.56. The third-order valence-corrected chi connectivity index (χ3v) is 5.96. The summed E-state index contributed by atoms with van der Waals surface area (Å²) in [6.07, 6.45) is 12.8. The van der Waals surface area contributed by atoms with Crippen LogP contribution in [0.2, 0.25) is 0 Å². The minimum absolute atomic E-state index is 0.00994. The summed E-state index contributed by atoms with van der Waals surface area (Å²) in [5, 5.41) is 16.5. The average Bonchev–Trinajstić information content (AvgIpc) is 2.55. The zero-order valence-corrected chi connectivity index (χ0v) is 14.2. The first-order valence-corrected chi connectivity index (χ1v) is 9.50. The lowest BCUT2D eigenvalue weighted by Crippen LogP contribution is -2.53. The molecule has 2 aliphatic carbocycles. The Morgan fingerprint density at radius 1 is 1.04 bits per heavy atom. The predicted octanol–water partition coefficient (Wildman–Crippen LogP) is 2.86. The van der Waals surface area contributed by atoms with Crippen LogP contribution in [0, 0.1) is 0 Å². The van der Waals surface area contributed by atoms with Crippen molar-refractivity contribution in [3.05, 3.63) is 0 Å². The van der Waals surface area contributed by atoms with Crippen molar-refractivity contribution in [1.82, 2.24) is 10.6 Å². The summed E-state index contributed by atoms with van der Waals surface area (Å²) in [6, 6.07) is 0.0599. The van der Waals surface area contributed by atoms with Gasteiger partial charge in [0.15, 0.2) is 0 Å². The van der Waals surface area contributed by atoms with Gasteiger partial charge in [0.25, 0.3) is 0 Å². The van der Waals surface area contributed by atoms with E-state index in [-0.39, 0.29) is 17.7 Å². The highest BCUT2D eigenvalue weighted by Crippen LogP contribution is 2.38. The van der Waals surface area contributed by atoms with Gasteiger partial charge < -0.3 is 20.5 Å². The average molecular weight is 324 g/mol. The Kier molecular flexibility index (Phi) is 5.47. The Bertz CT molecular complexity index is 396. The molecule has 3 aliphatic rings. The molecule has 0 aromatic heterocycles. The summed E-state index contributed by atoms with van der Waals surface area (Å²) >= 11 is 0. The van der Waals surface area contributed by atoms with Crippen molar-refractivity contribution in [2.24, 2.45) is 0 Å². The van der Waals surface area contributed by atoms with Crippen molar-refractivity contribution in [3.8, 4) is 0 Å². The predicted molar refractivity (Wildman–Crippen MR) is 89.4 cm³/mol. The lowest BCUT2D eigenvalue weighted by molar-refractivity contribution is -0.107. The van der Waals surface area contributed by atoms with Gasteiger partial charge in [-0.05, 0) is 38.5 Å². The molecule has 23 heavy (non-hydrogen) atoms. The monoisotopic (exact) mass is 324 g/mol. The van der Waals surface area contributed by atoms with Crippen LogP contribution in [0.3, 0.4) is 0 Å². The van der Waals surface area contributed by atoms with Crippen LogP contribution < -0.4 is 10.6 Å². The number of carbonyl (C=O) groups is 1. The Balaban J connectivity index is 1.44. The molecule has 5 heteroatoms. The molecule has 132 valence electrons. The molecular formula is C18H32N2O3. The zero-order valence-electron chi connectivity index (χ0n) is 14.2. The van der Waals surface area contributed by atoms with Crippen molar-refractivity contribution < 1.29 is 14.6 Å². The summed E-state index contributed by atoms with van der Waals surface area (Å²) in [5.74, 6) is 0. The maximum absolute atomic E-state index is 12.2. The number of hydrogen-bond acceptors (Lipinski definition) is 3. The van der Waals surface area contributed by atoms with Crippen molar-refractivity contribution >= 4 is 6.03 Å². The second-order valence-electron chi connectivity index (χ2n) is 7.89. The highest BCUT2D eigenvalue weighted by molar-refractivity contribution is 5.74. The summed E-state index contributed by atoms with van der Waals surface area (Å²) in [5.41, 5.74) is -0.689. The number of rotatable bonds is 3. The summed E-state index contributed by atoms with van der Waals surface area (Å²) < 4.78 is 6.08. The van der Waals surface area contributed by atoms with Gasteiger partial charge in [-0.2, -0.15) is 0 Å². The highest BCUT2D eigenvalue weighted by atomic mass is 16.5. The molecule has 1 heterocycles. The van der Waals surface area contributed by atoms with Gasteiger partial charge in [-0.1, -0.05) is 38.5 Å². The third kappa shape index (κ3) is 4.60. The molecule has 0 aromatic carbocycles. The molecule has 3 fully saturated rings. The molecule has 0 radical (unpaired) electrons. The van der Waals surface area contributed by atoms with Gasteiger partial charge in [-0.15, -0.1) is 0 Å². The van der Waals surface area contributed by atoms with Crippen LogP contribution in [0.5, 0.6) is 0 Å². The van der Waals surface area contributed by atoms with Crippen molar-refractivity contribution in [3.63, 3.8) is 0 Å². The summed E-state index contributed by atoms with van der Waals surface area (Å²) in [4.78, 5) is 12.2. The Morgan fingerprint density at radius 2 is 1.70 bits per heavy atom. The Morgan fingerprint density at radius 3 is 2.39 bits per heavy atom. The first-order valence-electron chi connectivity index (χ1n) is 9.50. The number of nitrogens with one attached hydrogen (secondary N) is 2. The molecule has 2 saturated carbocycles. The number of ether oxygens (including phenoxy) is 1. The van der Waals surface area contributed by atoms with Crippen LogP contribution in [0.15, 0.2) is 0 Å². The van der Waals surface area contributed by atoms with Crippen molar-refractivity contribution in [2.75, 3.05) is 13.2 Å². The number of urea groups is 1. The third-order valence-electron chi connectivity index (χ3n) is 5.96. The fraction of sp³-hybridized carbons (Fsp3) is 0.944. The molecule has 3 rings (SSSR count). The van der Waals surface area contributed by atoms with Gasteiger partial charge >= 0.3 is 6.03 Å². The molecule has 1 atom stereocenters. The van der Waals surface area contributed by atoms with Crippen LogP contribution in [0.1, 0.15) is 77.0 Å². The fourth-order valence-corrected chi connectivity index (χ4v) is 4.56. The van der Waals surface area contributed by atoms with Crippen LogP contribution >= 0.6 is 0 Å². The number of carbonyl (C=O) groups excluding carboxylic acids is 1. The van der Waals surface area contributed by atoms with Crippen LogP contribution in [0.4, 0.5) is 4.79 Å². The molecule has 3 N–H and O–H groups in total. The van der Waals surface area contributed by atoms with Gasteiger partial charge in [-0.3, -0.25) is 0 Å². The van der Waals surface area contributed by atoms with Gasteiger partial charge in [0.1, 0.15) is 0 Å². The second-order valence-corrected chi connectivity index (χ2v) is 7.89. The molecule has 0 aromatic rings. The molecule has 1 unspecified atom stereocenters. The normalized spacial score (nSPS) is 29.9. The van der Waals surface area contributed by atoms with E-state index in [4.69, 9.17) is 4.74 Å². The maximum atomic E-state index is 12.2. The van der Waals surface area contributed by atoms with E-state index in [9.17, 15) is 9.90 Å².